The smallest absolute Gasteiger partial charge is 0.308 e. The Hall–Kier alpha value is -3.12. The van der Waals surface area contributed by atoms with Crippen molar-refractivity contribution in [1.82, 2.24) is 0 Å². The summed E-state index contributed by atoms with van der Waals surface area (Å²) in [6, 6.07) is 16.7. The fourth-order valence-electron chi connectivity index (χ4n) is 3.22. The maximum atomic E-state index is 12.7. The van der Waals surface area contributed by atoms with E-state index in [1.165, 1.54) is 11.3 Å². The molecule has 6 heteroatoms. The van der Waals surface area contributed by atoms with Crippen molar-refractivity contribution in [2.24, 2.45) is 0 Å². The van der Waals surface area contributed by atoms with Crippen LogP contribution >= 0.6 is 11.3 Å². The lowest BCUT2D eigenvalue weighted by Gasteiger charge is -2.17. The molecule has 0 spiro atoms. The van der Waals surface area contributed by atoms with E-state index in [0.29, 0.717) is 12.2 Å². The predicted octanol–water partition coefficient (Wildman–Crippen LogP) is 4.90. The largest absolute Gasteiger partial charge is 0.323 e. The summed E-state index contributed by atoms with van der Waals surface area (Å²) in [6.07, 6.45) is 0.822. The lowest BCUT2D eigenvalue weighted by atomic mass is 10.1. The first kappa shape index (κ1) is 17.3. The van der Waals surface area contributed by atoms with Gasteiger partial charge in [-0.05, 0) is 60.2 Å². The molecule has 1 aromatic heterocycles. The zero-order chi connectivity index (χ0) is 18.8. The summed E-state index contributed by atoms with van der Waals surface area (Å²) in [4.78, 5) is 27.5. The molecule has 3 aromatic rings. The van der Waals surface area contributed by atoms with Crippen molar-refractivity contribution in [3.05, 3.63) is 76.0 Å². The Morgan fingerprint density at radius 1 is 1.00 bits per heavy atom. The molecule has 5 nitrogen and oxygen atoms in total. The van der Waals surface area contributed by atoms with Crippen LogP contribution in [0.4, 0.5) is 21.9 Å². The lowest BCUT2D eigenvalue weighted by molar-refractivity contribution is 0.0993. The molecule has 0 unspecified atom stereocenters. The van der Waals surface area contributed by atoms with Crippen LogP contribution in [0, 0.1) is 6.92 Å². The van der Waals surface area contributed by atoms with E-state index < -0.39 is 0 Å². The Labute approximate surface area is 161 Å². The first-order valence-corrected chi connectivity index (χ1v) is 9.61. The van der Waals surface area contributed by atoms with Gasteiger partial charge in [-0.1, -0.05) is 24.3 Å². The number of carbonyl (C=O) groups excluding carboxylic acids is 2. The maximum Gasteiger partial charge on any atom is 0.323 e. The normalized spacial score (nSPS) is 12.6. The third-order valence-electron chi connectivity index (χ3n) is 4.49. The minimum Gasteiger partial charge on any atom is -0.308 e. The highest BCUT2D eigenvalue weighted by molar-refractivity contribution is 7.12. The summed E-state index contributed by atoms with van der Waals surface area (Å²) >= 11 is 1.44. The van der Waals surface area contributed by atoms with E-state index in [4.69, 9.17) is 0 Å². The van der Waals surface area contributed by atoms with Crippen LogP contribution in [0.3, 0.4) is 0 Å². The minimum absolute atomic E-state index is 0.00473. The van der Waals surface area contributed by atoms with E-state index >= 15 is 0 Å². The highest BCUT2D eigenvalue weighted by atomic mass is 32.1. The first-order chi connectivity index (χ1) is 13.1. The number of aryl methyl sites for hydroxylation is 1. The Balaban J connectivity index is 1.50. The van der Waals surface area contributed by atoms with Crippen LogP contribution in [0.15, 0.2) is 60.0 Å². The number of amides is 3. The van der Waals surface area contributed by atoms with Crippen molar-refractivity contribution in [1.29, 1.82) is 0 Å². The van der Waals surface area contributed by atoms with Crippen molar-refractivity contribution in [2.75, 3.05) is 22.1 Å². The Bertz CT molecular complexity index is 998. The van der Waals surface area contributed by atoms with E-state index in [0.717, 1.165) is 33.8 Å². The second-order valence-corrected chi connectivity index (χ2v) is 7.42. The van der Waals surface area contributed by atoms with E-state index in [-0.39, 0.29) is 11.9 Å². The fourth-order valence-corrected chi connectivity index (χ4v) is 3.89. The molecule has 4 rings (SSSR count). The van der Waals surface area contributed by atoms with E-state index in [9.17, 15) is 9.59 Å². The third-order valence-corrected chi connectivity index (χ3v) is 5.35. The number of hydrogen-bond acceptors (Lipinski definition) is 3. The SMILES string of the molecule is Cc1cccc(NC(=O)Nc2ccc3c(c2)N(C(=O)c2cccs2)CC3)c1. The summed E-state index contributed by atoms with van der Waals surface area (Å²) in [6.45, 7) is 2.63. The summed E-state index contributed by atoms with van der Waals surface area (Å²) in [5.74, 6) is 0.00473. The van der Waals surface area contributed by atoms with Crippen molar-refractivity contribution in [2.45, 2.75) is 13.3 Å². The first-order valence-electron chi connectivity index (χ1n) is 8.73. The molecular formula is C21H19N3O2S. The predicted molar refractivity (Wildman–Crippen MR) is 110 cm³/mol. The van der Waals surface area contributed by atoms with Gasteiger partial charge in [-0.2, -0.15) is 0 Å². The van der Waals surface area contributed by atoms with Crippen LogP contribution in [0.2, 0.25) is 0 Å². The fraction of sp³-hybridized carbons (Fsp3) is 0.143. The molecule has 0 radical (unpaired) electrons. The molecule has 2 N–H and O–H groups in total. The van der Waals surface area contributed by atoms with Gasteiger partial charge in [-0.15, -0.1) is 11.3 Å². The van der Waals surface area contributed by atoms with Gasteiger partial charge in [0.15, 0.2) is 0 Å². The van der Waals surface area contributed by atoms with Crippen molar-refractivity contribution in [3.63, 3.8) is 0 Å². The van der Waals surface area contributed by atoms with Gasteiger partial charge in [0, 0.05) is 23.6 Å². The molecule has 0 bridgehead atoms. The van der Waals surface area contributed by atoms with E-state index in [1.54, 1.807) is 4.90 Å². The van der Waals surface area contributed by atoms with Gasteiger partial charge in [-0.25, -0.2) is 4.79 Å². The van der Waals surface area contributed by atoms with Gasteiger partial charge < -0.3 is 15.5 Å². The number of rotatable bonds is 3. The molecule has 0 aliphatic carbocycles. The van der Waals surface area contributed by atoms with Crippen LogP contribution < -0.4 is 15.5 Å². The number of fused-ring (bicyclic) bond motifs is 1. The number of urea groups is 1. The average Bonchev–Trinajstić information content (AvgIpc) is 3.31. The minimum atomic E-state index is -0.310. The summed E-state index contributed by atoms with van der Waals surface area (Å²) in [5, 5.41) is 7.58. The summed E-state index contributed by atoms with van der Waals surface area (Å²) < 4.78 is 0. The van der Waals surface area contributed by atoms with Gasteiger partial charge in [-0.3, -0.25) is 4.79 Å². The van der Waals surface area contributed by atoms with Gasteiger partial charge in [0.25, 0.3) is 5.91 Å². The van der Waals surface area contributed by atoms with Crippen LogP contribution in [0.25, 0.3) is 0 Å². The molecule has 0 saturated carbocycles. The van der Waals surface area contributed by atoms with Crippen molar-refractivity contribution < 1.29 is 9.59 Å². The molecule has 27 heavy (non-hydrogen) atoms. The second kappa shape index (κ2) is 7.25. The molecule has 136 valence electrons. The topological polar surface area (TPSA) is 61.4 Å². The number of anilines is 3. The molecule has 1 aliphatic rings. The zero-order valence-corrected chi connectivity index (χ0v) is 15.7. The molecule has 0 atom stereocenters. The zero-order valence-electron chi connectivity index (χ0n) is 14.9. The lowest BCUT2D eigenvalue weighted by Crippen LogP contribution is -2.28. The van der Waals surface area contributed by atoms with Crippen LogP contribution in [-0.2, 0) is 6.42 Å². The van der Waals surface area contributed by atoms with Crippen LogP contribution in [-0.4, -0.2) is 18.5 Å². The molecular weight excluding hydrogens is 358 g/mol. The Morgan fingerprint density at radius 2 is 1.81 bits per heavy atom. The van der Waals surface area contributed by atoms with Crippen molar-refractivity contribution >= 4 is 40.3 Å². The second-order valence-electron chi connectivity index (χ2n) is 6.48. The number of carbonyl (C=O) groups is 2. The average molecular weight is 377 g/mol. The van der Waals surface area contributed by atoms with Crippen LogP contribution in [0.5, 0.6) is 0 Å². The summed E-state index contributed by atoms with van der Waals surface area (Å²) in [7, 11) is 0. The third kappa shape index (κ3) is 3.71. The number of nitrogens with zero attached hydrogens (tertiary/aromatic N) is 1. The standard InChI is InChI=1S/C21H19N3O2S/c1-14-4-2-5-16(12-14)22-21(26)23-17-8-7-15-9-10-24(18(15)13-17)20(25)19-6-3-11-27-19/h2-8,11-13H,9-10H2,1H3,(H2,22,23,26). The monoisotopic (exact) mass is 377 g/mol. The van der Waals surface area contributed by atoms with Crippen LogP contribution in [0.1, 0.15) is 20.8 Å². The molecule has 1 aliphatic heterocycles. The van der Waals surface area contributed by atoms with Gasteiger partial charge in [0.2, 0.25) is 0 Å². The van der Waals surface area contributed by atoms with Gasteiger partial charge in [0.05, 0.1) is 4.88 Å². The summed E-state index contributed by atoms with van der Waals surface area (Å²) in [5.41, 5.74) is 4.45. The number of benzene rings is 2. The molecule has 3 amide bonds. The Kier molecular flexibility index (Phi) is 4.64. The maximum absolute atomic E-state index is 12.7. The molecule has 0 fully saturated rings. The van der Waals surface area contributed by atoms with Crippen molar-refractivity contribution in [3.8, 4) is 0 Å². The highest BCUT2D eigenvalue weighted by Gasteiger charge is 2.26. The van der Waals surface area contributed by atoms with Gasteiger partial charge >= 0.3 is 6.03 Å². The highest BCUT2D eigenvalue weighted by Crippen LogP contribution is 2.32. The quantitative estimate of drug-likeness (QED) is 0.682. The number of hydrogen-bond donors (Lipinski definition) is 2. The van der Waals surface area contributed by atoms with E-state index in [2.05, 4.69) is 10.6 Å². The molecule has 0 saturated heterocycles. The van der Waals surface area contributed by atoms with Gasteiger partial charge in [0.1, 0.15) is 0 Å². The van der Waals surface area contributed by atoms with E-state index in [1.807, 2.05) is 66.9 Å². The molecule has 2 heterocycles. The number of nitrogens with one attached hydrogen (secondary N) is 2. The number of thiophene rings is 1. The Morgan fingerprint density at radius 3 is 2.56 bits per heavy atom. The molecule has 2 aromatic carbocycles.